The highest BCUT2D eigenvalue weighted by Crippen LogP contribution is 2.27. The van der Waals surface area contributed by atoms with E-state index >= 15 is 0 Å². The van der Waals surface area contributed by atoms with Crippen molar-refractivity contribution in [1.82, 2.24) is 14.9 Å². The van der Waals surface area contributed by atoms with Gasteiger partial charge in [0, 0.05) is 22.3 Å². The molecule has 0 aliphatic heterocycles. The SMILES string of the molecule is BCNC(=O)c1cc(C)n(Cc2csc(-c3cccc(O)c3)n2)c1C. The molecule has 0 unspecified atom stereocenters. The van der Waals surface area contributed by atoms with Gasteiger partial charge in [-0.3, -0.25) is 4.79 Å². The number of thiazole rings is 1. The van der Waals surface area contributed by atoms with E-state index in [1.165, 1.54) is 0 Å². The molecule has 0 fully saturated rings. The van der Waals surface area contributed by atoms with Gasteiger partial charge in [-0.1, -0.05) is 12.1 Å². The minimum Gasteiger partial charge on any atom is -0.508 e. The van der Waals surface area contributed by atoms with Crippen molar-refractivity contribution in [3.05, 3.63) is 58.4 Å². The zero-order valence-corrected chi connectivity index (χ0v) is 15.4. The molecule has 0 atom stereocenters. The third-order valence-electron chi connectivity index (χ3n) is 4.12. The van der Waals surface area contributed by atoms with Gasteiger partial charge in [-0.25, -0.2) is 4.98 Å². The van der Waals surface area contributed by atoms with Crippen molar-refractivity contribution in [2.45, 2.75) is 20.4 Å². The van der Waals surface area contributed by atoms with Crippen LogP contribution in [0.25, 0.3) is 10.6 Å². The average molecular weight is 353 g/mol. The number of aromatic nitrogens is 2. The van der Waals surface area contributed by atoms with Crippen molar-refractivity contribution in [2.75, 3.05) is 6.44 Å². The molecule has 7 heteroatoms. The third kappa shape index (κ3) is 3.61. The zero-order chi connectivity index (χ0) is 18.0. The predicted octanol–water partition coefficient (Wildman–Crippen LogP) is 2.30. The van der Waals surface area contributed by atoms with Gasteiger partial charge < -0.3 is 15.0 Å². The molecule has 25 heavy (non-hydrogen) atoms. The number of aromatic hydroxyl groups is 1. The van der Waals surface area contributed by atoms with Crippen LogP contribution in [0.4, 0.5) is 0 Å². The summed E-state index contributed by atoms with van der Waals surface area (Å²) in [5, 5.41) is 15.4. The highest BCUT2D eigenvalue weighted by Gasteiger charge is 2.16. The number of aryl methyl sites for hydroxylation is 1. The van der Waals surface area contributed by atoms with E-state index in [0.29, 0.717) is 18.6 Å². The minimum atomic E-state index is -0.0411. The maximum Gasteiger partial charge on any atom is 0.252 e. The van der Waals surface area contributed by atoms with Crippen molar-refractivity contribution in [3.63, 3.8) is 0 Å². The van der Waals surface area contributed by atoms with Crippen molar-refractivity contribution < 1.29 is 9.90 Å². The topological polar surface area (TPSA) is 67.2 Å². The summed E-state index contributed by atoms with van der Waals surface area (Å²) in [6.07, 6.45) is 0.613. The first-order valence-electron chi connectivity index (χ1n) is 8.18. The Hall–Kier alpha value is -2.54. The van der Waals surface area contributed by atoms with E-state index in [9.17, 15) is 9.90 Å². The molecule has 0 saturated carbocycles. The Balaban J connectivity index is 1.85. The van der Waals surface area contributed by atoms with Crippen molar-refractivity contribution >= 4 is 25.1 Å². The predicted molar refractivity (Wildman–Crippen MR) is 103 cm³/mol. The van der Waals surface area contributed by atoms with Crippen LogP contribution in [0.2, 0.25) is 0 Å². The summed E-state index contributed by atoms with van der Waals surface area (Å²) in [7, 11) is 1.91. The van der Waals surface area contributed by atoms with E-state index in [-0.39, 0.29) is 11.7 Å². The summed E-state index contributed by atoms with van der Waals surface area (Å²) in [5.41, 5.74) is 4.52. The largest absolute Gasteiger partial charge is 0.508 e. The standard InChI is InChI=1S/C18H20BN3O2S/c1-11-6-16(17(24)20-10-19)12(2)22(11)8-14-9-25-18(21-14)13-4-3-5-15(23)7-13/h3-7,9,23H,8,10,19H2,1-2H3,(H,20,24). The fraction of sp³-hybridized carbons (Fsp3) is 0.222. The monoisotopic (exact) mass is 353 g/mol. The molecule has 5 nitrogen and oxygen atoms in total. The summed E-state index contributed by atoms with van der Waals surface area (Å²) in [6.45, 7) is 4.57. The number of benzene rings is 1. The zero-order valence-electron chi connectivity index (χ0n) is 14.5. The quantitative estimate of drug-likeness (QED) is 0.692. The first-order valence-corrected chi connectivity index (χ1v) is 9.06. The number of amides is 1. The molecule has 2 heterocycles. The van der Waals surface area contributed by atoms with Crippen LogP contribution in [-0.2, 0) is 6.54 Å². The van der Waals surface area contributed by atoms with Crippen LogP contribution >= 0.6 is 11.3 Å². The number of hydrogen-bond acceptors (Lipinski definition) is 4. The number of nitrogens with one attached hydrogen (secondary N) is 1. The van der Waals surface area contributed by atoms with E-state index < -0.39 is 0 Å². The number of phenols is 1. The first-order chi connectivity index (χ1) is 12.0. The van der Waals surface area contributed by atoms with E-state index in [1.807, 2.05) is 45.3 Å². The molecule has 0 bridgehead atoms. The Kier molecular flexibility index (Phi) is 4.94. The number of hydrogen-bond donors (Lipinski definition) is 2. The molecule has 128 valence electrons. The summed E-state index contributed by atoms with van der Waals surface area (Å²) in [6, 6.07) is 9.02. The van der Waals surface area contributed by atoms with Gasteiger partial charge in [0.2, 0.25) is 0 Å². The number of carbonyl (C=O) groups excluding carboxylic acids is 1. The van der Waals surface area contributed by atoms with Gasteiger partial charge in [-0.2, -0.15) is 0 Å². The van der Waals surface area contributed by atoms with Crippen molar-refractivity contribution in [1.29, 1.82) is 0 Å². The second-order valence-electron chi connectivity index (χ2n) is 5.92. The fourth-order valence-corrected chi connectivity index (χ4v) is 3.65. The number of rotatable bonds is 5. The van der Waals surface area contributed by atoms with E-state index in [1.54, 1.807) is 23.5 Å². The smallest absolute Gasteiger partial charge is 0.252 e. The molecular formula is C18H20BN3O2S. The lowest BCUT2D eigenvalue weighted by molar-refractivity contribution is 0.0959. The second kappa shape index (κ2) is 7.15. The molecule has 0 aliphatic carbocycles. The summed E-state index contributed by atoms with van der Waals surface area (Å²) >= 11 is 1.55. The maximum atomic E-state index is 12.1. The Morgan fingerprint density at radius 1 is 1.36 bits per heavy atom. The third-order valence-corrected chi connectivity index (χ3v) is 5.06. The summed E-state index contributed by atoms with van der Waals surface area (Å²) in [4.78, 5) is 16.8. The normalized spacial score (nSPS) is 10.8. The Morgan fingerprint density at radius 2 is 2.16 bits per heavy atom. The Morgan fingerprint density at radius 3 is 2.88 bits per heavy atom. The van der Waals surface area contributed by atoms with Crippen molar-refractivity contribution in [2.24, 2.45) is 0 Å². The minimum absolute atomic E-state index is 0.0411. The average Bonchev–Trinajstić information content (AvgIpc) is 3.15. The highest BCUT2D eigenvalue weighted by atomic mass is 32.1. The van der Waals surface area contributed by atoms with Crippen molar-refractivity contribution in [3.8, 4) is 16.3 Å². The summed E-state index contributed by atoms with van der Waals surface area (Å²) in [5.74, 6) is 0.193. The van der Waals surface area contributed by atoms with Gasteiger partial charge in [-0.05, 0) is 38.5 Å². The van der Waals surface area contributed by atoms with Gasteiger partial charge in [0.25, 0.3) is 5.91 Å². The Bertz CT molecular complexity index is 917. The number of phenolic OH excluding ortho intramolecular Hbond substituents is 1. The molecule has 0 spiro atoms. The van der Waals surface area contributed by atoms with Crippen LogP contribution in [0.3, 0.4) is 0 Å². The number of carbonyl (C=O) groups is 1. The molecule has 0 radical (unpaired) electrons. The van der Waals surface area contributed by atoms with E-state index in [2.05, 4.69) is 14.9 Å². The maximum absolute atomic E-state index is 12.1. The Labute approximate surface area is 151 Å². The first kappa shape index (κ1) is 17.3. The molecule has 0 aliphatic rings. The molecule has 3 aromatic rings. The molecule has 3 rings (SSSR count). The lowest BCUT2D eigenvalue weighted by atomic mass is 10.1. The molecule has 2 N–H and O–H groups in total. The van der Waals surface area contributed by atoms with Crippen LogP contribution in [0.15, 0.2) is 35.7 Å². The highest BCUT2D eigenvalue weighted by molar-refractivity contribution is 7.13. The molecular weight excluding hydrogens is 333 g/mol. The van der Waals surface area contributed by atoms with Crippen LogP contribution in [0.1, 0.15) is 27.4 Å². The molecule has 1 amide bonds. The lowest BCUT2D eigenvalue weighted by Crippen LogP contribution is -2.24. The van der Waals surface area contributed by atoms with Crippen LogP contribution < -0.4 is 5.32 Å². The molecule has 2 aromatic heterocycles. The van der Waals surface area contributed by atoms with Gasteiger partial charge in [-0.15, -0.1) is 11.3 Å². The van der Waals surface area contributed by atoms with Gasteiger partial charge in [0.1, 0.15) is 18.6 Å². The number of nitrogens with zero attached hydrogens (tertiary/aromatic N) is 2. The van der Waals surface area contributed by atoms with Crippen LogP contribution in [-0.4, -0.2) is 34.9 Å². The van der Waals surface area contributed by atoms with Gasteiger partial charge >= 0.3 is 0 Å². The van der Waals surface area contributed by atoms with Crippen LogP contribution in [0.5, 0.6) is 5.75 Å². The van der Waals surface area contributed by atoms with Gasteiger partial charge in [0.05, 0.1) is 17.8 Å². The van der Waals surface area contributed by atoms with Crippen LogP contribution in [0, 0.1) is 13.8 Å². The second-order valence-corrected chi connectivity index (χ2v) is 6.78. The van der Waals surface area contributed by atoms with E-state index in [0.717, 1.165) is 27.7 Å². The van der Waals surface area contributed by atoms with E-state index in [4.69, 9.17) is 0 Å². The molecule has 0 saturated heterocycles. The summed E-state index contributed by atoms with van der Waals surface area (Å²) < 4.78 is 2.10. The fourth-order valence-electron chi connectivity index (χ4n) is 2.84. The molecule has 1 aromatic carbocycles. The van der Waals surface area contributed by atoms with Gasteiger partial charge in [0.15, 0.2) is 0 Å². The lowest BCUT2D eigenvalue weighted by Gasteiger charge is -2.08.